The molecule has 19 heavy (non-hydrogen) atoms. The van der Waals surface area contributed by atoms with Gasteiger partial charge in [-0.1, -0.05) is 20.4 Å². The summed E-state index contributed by atoms with van der Waals surface area (Å²) in [5.74, 6) is -2.82. The number of carbonyl (C=O) groups is 3. The Kier molecular flexibility index (Phi) is 6.37. The first-order valence-corrected chi connectivity index (χ1v) is 5.65. The van der Waals surface area contributed by atoms with Crippen molar-refractivity contribution in [1.29, 1.82) is 0 Å². The summed E-state index contributed by atoms with van der Waals surface area (Å²) < 4.78 is 0. The molecule has 0 aromatic carbocycles. The fourth-order valence-electron chi connectivity index (χ4n) is 1.11. The van der Waals surface area contributed by atoms with Crippen LogP contribution in [0.4, 0.5) is 0 Å². The molecule has 1 amide bonds. The summed E-state index contributed by atoms with van der Waals surface area (Å²) in [5.41, 5.74) is -1.55. The summed E-state index contributed by atoms with van der Waals surface area (Å²) >= 11 is 0. The van der Waals surface area contributed by atoms with Crippen LogP contribution >= 0.6 is 0 Å². The monoisotopic (exact) mass is 273 g/mol. The predicted octanol–water partition coefficient (Wildman–Crippen LogP) is -0.918. The molecule has 0 spiro atoms. The van der Waals surface area contributed by atoms with Crippen molar-refractivity contribution in [2.75, 3.05) is 13.2 Å². The lowest BCUT2D eigenvalue weighted by atomic mass is 9.87. The normalized spacial score (nSPS) is 12.6. The average molecular weight is 273 g/mol. The Morgan fingerprint density at radius 3 is 2.26 bits per heavy atom. The molecule has 0 bridgehead atoms. The van der Waals surface area contributed by atoms with E-state index in [-0.39, 0.29) is 19.6 Å². The maximum absolute atomic E-state index is 11.5. The van der Waals surface area contributed by atoms with Crippen molar-refractivity contribution < 1.29 is 29.7 Å². The zero-order valence-corrected chi connectivity index (χ0v) is 11.0. The number of carboxylic acid groups (broad SMARTS) is 1. The minimum Gasteiger partial charge on any atom is -0.478 e. The molecule has 0 aliphatic heterocycles. The van der Waals surface area contributed by atoms with Gasteiger partial charge in [-0.25, -0.2) is 4.79 Å². The summed E-state index contributed by atoms with van der Waals surface area (Å²) in [6.07, 6.45) is -1.64. The number of carboxylic acids is 1. The first-order chi connectivity index (χ1) is 8.63. The Morgan fingerprint density at radius 2 is 1.84 bits per heavy atom. The number of rotatable bonds is 8. The number of aliphatic hydroxyl groups excluding tert-OH is 2. The molecule has 0 aliphatic carbocycles. The third-order valence-electron chi connectivity index (χ3n) is 2.64. The maximum atomic E-state index is 11.5. The first-order valence-electron chi connectivity index (χ1n) is 5.65. The van der Waals surface area contributed by atoms with Crippen LogP contribution in [0.25, 0.3) is 0 Å². The third-order valence-corrected chi connectivity index (χ3v) is 2.64. The van der Waals surface area contributed by atoms with Crippen LogP contribution in [-0.4, -0.2) is 52.2 Å². The number of amides is 1. The third kappa shape index (κ3) is 5.19. The Bertz CT molecular complexity index is 388. The van der Waals surface area contributed by atoms with E-state index in [2.05, 4.69) is 11.9 Å². The second-order valence-electron chi connectivity index (χ2n) is 4.80. The van der Waals surface area contributed by atoms with Crippen molar-refractivity contribution in [3.05, 3.63) is 12.2 Å². The Labute approximate surface area is 110 Å². The molecule has 7 nitrogen and oxygen atoms in total. The fraction of sp³-hybridized carbons (Fsp3) is 0.583. The van der Waals surface area contributed by atoms with Gasteiger partial charge in [0.05, 0.1) is 12.2 Å². The SMILES string of the molecule is C=C(C(=O)O)C(=O)CCNC(=O)[C@H](O)C(C)(C)CO. The van der Waals surface area contributed by atoms with E-state index in [1.165, 1.54) is 13.8 Å². The molecule has 0 fully saturated rings. The minimum atomic E-state index is -1.42. The summed E-state index contributed by atoms with van der Waals surface area (Å²) in [5, 5.41) is 29.4. The fourth-order valence-corrected chi connectivity index (χ4v) is 1.11. The van der Waals surface area contributed by atoms with Gasteiger partial charge >= 0.3 is 5.97 Å². The van der Waals surface area contributed by atoms with Crippen molar-refractivity contribution in [3.8, 4) is 0 Å². The summed E-state index contributed by atoms with van der Waals surface area (Å²) in [6.45, 7) is 5.63. The van der Waals surface area contributed by atoms with Crippen LogP contribution in [-0.2, 0) is 14.4 Å². The molecule has 0 aromatic rings. The maximum Gasteiger partial charge on any atom is 0.338 e. The van der Waals surface area contributed by atoms with Crippen LogP contribution in [0.5, 0.6) is 0 Å². The number of nitrogens with one attached hydrogen (secondary N) is 1. The van der Waals surface area contributed by atoms with Crippen LogP contribution in [0.3, 0.4) is 0 Å². The molecule has 0 rings (SSSR count). The van der Waals surface area contributed by atoms with Crippen LogP contribution < -0.4 is 5.32 Å². The molecule has 0 aliphatic rings. The van der Waals surface area contributed by atoms with E-state index in [0.29, 0.717) is 0 Å². The molecule has 4 N–H and O–H groups in total. The zero-order chi connectivity index (χ0) is 15.2. The lowest BCUT2D eigenvalue weighted by Gasteiger charge is -2.27. The molecule has 0 saturated heterocycles. The van der Waals surface area contributed by atoms with Crippen molar-refractivity contribution >= 4 is 17.7 Å². The Hall–Kier alpha value is -1.73. The van der Waals surface area contributed by atoms with Gasteiger partial charge in [-0.05, 0) is 0 Å². The van der Waals surface area contributed by atoms with E-state index in [4.69, 9.17) is 10.2 Å². The molecule has 1 atom stereocenters. The van der Waals surface area contributed by atoms with E-state index in [1.54, 1.807) is 0 Å². The second-order valence-corrected chi connectivity index (χ2v) is 4.80. The Morgan fingerprint density at radius 1 is 1.32 bits per heavy atom. The van der Waals surface area contributed by atoms with Crippen LogP contribution in [0.1, 0.15) is 20.3 Å². The number of aliphatic hydroxyl groups is 2. The van der Waals surface area contributed by atoms with E-state index in [1.807, 2.05) is 0 Å². The quantitative estimate of drug-likeness (QED) is 0.258. The standard InChI is InChI=1S/C12H19NO6/c1-7(11(18)19)8(15)4-5-13-10(17)9(16)12(2,3)6-14/h9,14,16H,1,4-6H2,2-3H3,(H,13,17)(H,18,19)/t9-/m0/s1. The van der Waals surface area contributed by atoms with Gasteiger partial charge in [0.2, 0.25) is 5.91 Å². The Balaban J connectivity index is 4.23. The van der Waals surface area contributed by atoms with Gasteiger partial charge in [0.25, 0.3) is 0 Å². The van der Waals surface area contributed by atoms with Crippen LogP contribution in [0.2, 0.25) is 0 Å². The number of ketones is 1. The molecule has 7 heteroatoms. The minimum absolute atomic E-state index is 0.109. The highest BCUT2D eigenvalue weighted by atomic mass is 16.4. The molecule has 0 radical (unpaired) electrons. The molecule has 0 aromatic heterocycles. The molecular formula is C12H19NO6. The van der Waals surface area contributed by atoms with E-state index < -0.39 is 34.8 Å². The highest BCUT2D eigenvalue weighted by molar-refractivity contribution is 6.16. The lowest BCUT2D eigenvalue weighted by molar-refractivity contribution is -0.137. The van der Waals surface area contributed by atoms with Gasteiger partial charge in [0, 0.05) is 18.4 Å². The summed E-state index contributed by atoms with van der Waals surface area (Å²) in [7, 11) is 0. The van der Waals surface area contributed by atoms with E-state index >= 15 is 0 Å². The number of aliphatic carboxylic acids is 1. The van der Waals surface area contributed by atoms with Gasteiger partial charge in [0.15, 0.2) is 5.78 Å². The number of Topliss-reactive ketones (excluding diaryl/α,β-unsaturated/α-hetero) is 1. The van der Waals surface area contributed by atoms with Gasteiger partial charge in [-0.2, -0.15) is 0 Å². The molecule has 108 valence electrons. The number of carbonyl (C=O) groups excluding carboxylic acids is 2. The largest absolute Gasteiger partial charge is 0.478 e. The number of hydrogen-bond donors (Lipinski definition) is 4. The van der Waals surface area contributed by atoms with Crippen LogP contribution in [0.15, 0.2) is 12.2 Å². The predicted molar refractivity (Wildman–Crippen MR) is 66.3 cm³/mol. The van der Waals surface area contributed by atoms with E-state index in [0.717, 1.165) is 0 Å². The molecule has 0 unspecified atom stereocenters. The van der Waals surface area contributed by atoms with Crippen molar-refractivity contribution in [2.24, 2.45) is 5.41 Å². The smallest absolute Gasteiger partial charge is 0.338 e. The molecular weight excluding hydrogens is 254 g/mol. The van der Waals surface area contributed by atoms with Gasteiger partial charge < -0.3 is 20.6 Å². The van der Waals surface area contributed by atoms with Gasteiger partial charge in [-0.15, -0.1) is 0 Å². The summed E-state index contributed by atoms with van der Waals surface area (Å²) in [4.78, 5) is 33.2. The number of hydrogen-bond acceptors (Lipinski definition) is 5. The lowest BCUT2D eigenvalue weighted by Crippen LogP contribution is -2.46. The van der Waals surface area contributed by atoms with Crippen LogP contribution in [0, 0.1) is 5.41 Å². The summed E-state index contributed by atoms with van der Waals surface area (Å²) in [6, 6.07) is 0. The van der Waals surface area contributed by atoms with Gasteiger partial charge in [-0.3, -0.25) is 9.59 Å². The van der Waals surface area contributed by atoms with Crippen molar-refractivity contribution in [3.63, 3.8) is 0 Å². The molecule has 0 saturated carbocycles. The van der Waals surface area contributed by atoms with Crippen molar-refractivity contribution in [2.45, 2.75) is 26.4 Å². The average Bonchev–Trinajstić information content (AvgIpc) is 2.36. The highest BCUT2D eigenvalue weighted by Crippen LogP contribution is 2.19. The molecule has 0 heterocycles. The first kappa shape index (κ1) is 17.3. The zero-order valence-electron chi connectivity index (χ0n) is 11.0. The second kappa shape index (κ2) is 7.01. The highest BCUT2D eigenvalue weighted by Gasteiger charge is 2.32. The van der Waals surface area contributed by atoms with Gasteiger partial charge in [0.1, 0.15) is 6.10 Å². The topological polar surface area (TPSA) is 124 Å². The van der Waals surface area contributed by atoms with Crippen molar-refractivity contribution in [1.82, 2.24) is 5.32 Å². The van der Waals surface area contributed by atoms with E-state index in [9.17, 15) is 19.5 Å².